The van der Waals surface area contributed by atoms with Crippen LogP contribution in [-0.2, 0) is 19.4 Å². The van der Waals surface area contributed by atoms with E-state index in [0.717, 1.165) is 30.4 Å². The van der Waals surface area contributed by atoms with Crippen molar-refractivity contribution in [1.82, 2.24) is 20.1 Å². The fourth-order valence-electron chi connectivity index (χ4n) is 2.98. The first-order chi connectivity index (χ1) is 12.3. The molecule has 0 saturated carbocycles. The van der Waals surface area contributed by atoms with E-state index in [1.165, 1.54) is 19.3 Å². The standard InChI is InChI=1S/C19H24N4O2/c1-2-14-25-16-9-7-15(8-10-16)19(24)20-12-11-18-22-21-17-6-4-3-5-13-23(17)18/h2,7-10H,1,3-6,11-14H2,(H,20,24). The summed E-state index contributed by atoms with van der Waals surface area (Å²) in [6, 6.07) is 7.10. The lowest BCUT2D eigenvalue weighted by molar-refractivity contribution is 0.0954. The second-order valence-corrected chi connectivity index (χ2v) is 6.12. The maximum atomic E-state index is 12.2. The van der Waals surface area contributed by atoms with Crippen LogP contribution in [0.25, 0.3) is 0 Å². The number of carbonyl (C=O) groups excluding carboxylic acids is 1. The van der Waals surface area contributed by atoms with Gasteiger partial charge in [0.1, 0.15) is 24.0 Å². The molecule has 1 aliphatic heterocycles. The van der Waals surface area contributed by atoms with Gasteiger partial charge in [0.25, 0.3) is 5.91 Å². The second-order valence-electron chi connectivity index (χ2n) is 6.12. The smallest absolute Gasteiger partial charge is 0.251 e. The molecule has 0 unspecified atom stereocenters. The molecule has 132 valence electrons. The van der Waals surface area contributed by atoms with E-state index in [-0.39, 0.29) is 5.91 Å². The lowest BCUT2D eigenvalue weighted by atomic mass is 10.2. The molecule has 25 heavy (non-hydrogen) atoms. The van der Waals surface area contributed by atoms with Gasteiger partial charge < -0.3 is 14.6 Å². The number of hydrogen-bond donors (Lipinski definition) is 1. The summed E-state index contributed by atoms with van der Waals surface area (Å²) in [5, 5.41) is 11.5. The number of rotatable bonds is 7. The van der Waals surface area contributed by atoms with Crippen LogP contribution in [0.4, 0.5) is 0 Å². The lowest BCUT2D eigenvalue weighted by Crippen LogP contribution is -2.26. The van der Waals surface area contributed by atoms with E-state index in [9.17, 15) is 4.79 Å². The number of nitrogens with one attached hydrogen (secondary N) is 1. The monoisotopic (exact) mass is 340 g/mol. The fraction of sp³-hybridized carbons (Fsp3) is 0.421. The Morgan fingerprint density at radius 1 is 1.24 bits per heavy atom. The molecule has 0 bridgehead atoms. The highest BCUT2D eigenvalue weighted by Gasteiger charge is 2.14. The number of nitrogens with zero attached hydrogens (tertiary/aromatic N) is 3. The Kier molecular flexibility index (Phi) is 5.82. The SMILES string of the molecule is C=CCOc1ccc(C(=O)NCCc2nnc3n2CCCCC3)cc1. The average Bonchev–Trinajstić information content (AvgIpc) is 2.87. The first kappa shape index (κ1) is 17.2. The van der Waals surface area contributed by atoms with Crippen LogP contribution in [0, 0.1) is 0 Å². The zero-order valence-electron chi connectivity index (χ0n) is 14.4. The number of fused-ring (bicyclic) bond motifs is 1. The van der Waals surface area contributed by atoms with Gasteiger partial charge in [-0.05, 0) is 37.1 Å². The third-order valence-electron chi connectivity index (χ3n) is 4.30. The second kappa shape index (κ2) is 8.46. The largest absolute Gasteiger partial charge is 0.490 e. The summed E-state index contributed by atoms with van der Waals surface area (Å²) >= 11 is 0. The summed E-state index contributed by atoms with van der Waals surface area (Å²) in [4.78, 5) is 12.2. The van der Waals surface area contributed by atoms with Gasteiger partial charge in [-0.1, -0.05) is 19.1 Å². The molecular weight excluding hydrogens is 316 g/mol. The molecule has 3 rings (SSSR count). The fourth-order valence-corrected chi connectivity index (χ4v) is 2.98. The summed E-state index contributed by atoms with van der Waals surface area (Å²) < 4.78 is 7.63. The van der Waals surface area contributed by atoms with Gasteiger partial charge in [0.2, 0.25) is 0 Å². The third-order valence-corrected chi connectivity index (χ3v) is 4.30. The van der Waals surface area contributed by atoms with Crippen LogP contribution < -0.4 is 10.1 Å². The molecule has 0 fully saturated rings. The van der Waals surface area contributed by atoms with Crippen molar-refractivity contribution in [2.24, 2.45) is 0 Å². The quantitative estimate of drug-likeness (QED) is 0.787. The highest BCUT2D eigenvalue weighted by molar-refractivity contribution is 5.94. The van der Waals surface area contributed by atoms with Gasteiger partial charge in [-0.3, -0.25) is 4.79 Å². The Hall–Kier alpha value is -2.63. The van der Waals surface area contributed by atoms with E-state index in [2.05, 4.69) is 26.7 Å². The van der Waals surface area contributed by atoms with Gasteiger partial charge in [0.15, 0.2) is 0 Å². The molecule has 0 radical (unpaired) electrons. The van der Waals surface area contributed by atoms with Crippen molar-refractivity contribution in [1.29, 1.82) is 0 Å². The van der Waals surface area contributed by atoms with Crippen molar-refractivity contribution >= 4 is 5.91 Å². The predicted molar refractivity (Wildman–Crippen MR) is 95.7 cm³/mol. The van der Waals surface area contributed by atoms with Gasteiger partial charge in [-0.15, -0.1) is 10.2 Å². The Labute approximate surface area is 147 Å². The van der Waals surface area contributed by atoms with E-state index < -0.39 is 0 Å². The molecule has 1 aliphatic rings. The number of benzene rings is 1. The van der Waals surface area contributed by atoms with Crippen molar-refractivity contribution in [3.63, 3.8) is 0 Å². The van der Waals surface area contributed by atoms with Crippen LogP contribution >= 0.6 is 0 Å². The lowest BCUT2D eigenvalue weighted by Gasteiger charge is -2.08. The Morgan fingerprint density at radius 3 is 2.88 bits per heavy atom. The number of hydrogen-bond acceptors (Lipinski definition) is 4. The molecule has 1 N–H and O–H groups in total. The zero-order chi connectivity index (χ0) is 17.5. The summed E-state index contributed by atoms with van der Waals surface area (Å²) in [6.07, 6.45) is 6.97. The van der Waals surface area contributed by atoms with E-state index >= 15 is 0 Å². The third kappa shape index (κ3) is 4.47. The Balaban J connectivity index is 1.51. The predicted octanol–water partition coefficient (Wildman–Crippen LogP) is 2.54. The minimum atomic E-state index is -0.0918. The molecule has 2 heterocycles. The minimum absolute atomic E-state index is 0.0918. The molecule has 1 amide bonds. The van der Waals surface area contributed by atoms with Crippen molar-refractivity contribution in [3.8, 4) is 5.75 Å². The van der Waals surface area contributed by atoms with E-state index in [0.29, 0.717) is 25.1 Å². The van der Waals surface area contributed by atoms with Crippen LogP contribution in [0.3, 0.4) is 0 Å². The molecule has 1 aromatic heterocycles. The van der Waals surface area contributed by atoms with Crippen molar-refractivity contribution in [3.05, 3.63) is 54.1 Å². The summed E-state index contributed by atoms with van der Waals surface area (Å²) in [5.74, 6) is 2.67. The zero-order valence-corrected chi connectivity index (χ0v) is 14.4. The maximum Gasteiger partial charge on any atom is 0.251 e. The molecule has 0 spiro atoms. The van der Waals surface area contributed by atoms with Crippen LogP contribution in [0.2, 0.25) is 0 Å². The van der Waals surface area contributed by atoms with Crippen molar-refractivity contribution in [2.75, 3.05) is 13.2 Å². The first-order valence-electron chi connectivity index (χ1n) is 8.81. The maximum absolute atomic E-state index is 12.2. The Bertz CT molecular complexity index is 722. The number of carbonyl (C=O) groups is 1. The number of aromatic nitrogens is 3. The molecule has 0 atom stereocenters. The molecule has 6 heteroatoms. The number of aryl methyl sites for hydroxylation is 1. The van der Waals surface area contributed by atoms with E-state index in [4.69, 9.17) is 4.74 Å². The van der Waals surface area contributed by atoms with Gasteiger partial charge >= 0.3 is 0 Å². The summed E-state index contributed by atoms with van der Waals surface area (Å²) in [5.41, 5.74) is 0.617. The molecule has 0 saturated heterocycles. The topological polar surface area (TPSA) is 69.0 Å². The van der Waals surface area contributed by atoms with Crippen LogP contribution in [0.15, 0.2) is 36.9 Å². The molecule has 1 aromatic carbocycles. The van der Waals surface area contributed by atoms with Crippen LogP contribution in [0.5, 0.6) is 5.75 Å². The summed E-state index contributed by atoms with van der Waals surface area (Å²) in [7, 11) is 0. The highest BCUT2D eigenvalue weighted by Crippen LogP contribution is 2.15. The summed E-state index contributed by atoms with van der Waals surface area (Å²) in [6.45, 7) is 5.59. The van der Waals surface area contributed by atoms with Gasteiger partial charge in [0.05, 0.1) is 0 Å². The molecule has 0 aliphatic carbocycles. The van der Waals surface area contributed by atoms with Crippen molar-refractivity contribution in [2.45, 2.75) is 38.6 Å². The molecular formula is C19H24N4O2. The number of ether oxygens (including phenoxy) is 1. The van der Waals surface area contributed by atoms with E-state index in [1.807, 2.05) is 0 Å². The minimum Gasteiger partial charge on any atom is -0.490 e. The highest BCUT2D eigenvalue weighted by atomic mass is 16.5. The molecule has 2 aromatic rings. The first-order valence-corrected chi connectivity index (χ1v) is 8.81. The Morgan fingerprint density at radius 2 is 2.08 bits per heavy atom. The number of amides is 1. The van der Waals surface area contributed by atoms with Crippen LogP contribution in [-0.4, -0.2) is 33.8 Å². The van der Waals surface area contributed by atoms with Gasteiger partial charge in [-0.2, -0.15) is 0 Å². The molecule has 6 nitrogen and oxygen atoms in total. The van der Waals surface area contributed by atoms with Gasteiger partial charge in [0, 0.05) is 31.5 Å². The van der Waals surface area contributed by atoms with Crippen molar-refractivity contribution < 1.29 is 9.53 Å². The van der Waals surface area contributed by atoms with E-state index in [1.54, 1.807) is 30.3 Å². The normalized spacial score (nSPS) is 13.6. The average molecular weight is 340 g/mol. The van der Waals surface area contributed by atoms with Crippen LogP contribution in [0.1, 0.15) is 41.3 Å². The van der Waals surface area contributed by atoms with Gasteiger partial charge in [-0.25, -0.2) is 0 Å².